The van der Waals surface area contributed by atoms with Crippen molar-refractivity contribution >= 4 is 0 Å². The van der Waals surface area contributed by atoms with Crippen LogP contribution in [0.4, 0.5) is 0 Å². The van der Waals surface area contributed by atoms with Crippen molar-refractivity contribution in [2.24, 2.45) is 5.73 Å². The Balaban J connectivity index is 0. The number of ether oxygens (including phenoxy) is 1. The number of hydrogen-bond acceptors (Lipinski definition) is 2. The van der Waals surface area contributed by atoms with Gasteiger partial charge in [0.25, 0.3) is 0 Å². The van der Waals surface area contributed by atoms with E-state index in [1.54, 1.807) is 0 Å². The van der Waals surface area contributed by atoms with Crippen molar-refractivity contribution in [3.63, 3.8) is 0 Å². The predicted octanol–water partition coefficient (Wildman–Crippen LogP) is 3.85. The Kier molecular flexibility index (Phi) is 14.4. The lowest BCUT2D eigenvalue weighted by Crippen LogP contribution is -2.18. The Hall–Kier alpha value is -0.860. The van der Waals surface area contributed by atoms with Gasteiger partial charge in [0.15, 0.2) is 0 Å². The molecule has 1 aliphatic heterocycles. The van der Waals surface area contributed by atoms with Crippen LogP contribution in [-0.4, -0.2) is 19.8 Å². The number of hydrogen-bond donors (Lipinski definition) is 1. The van der Waals surface area contributed by atoms with Gasteiger partial charge in [-0.05, 0) is 38.0 Å². The van der Waals surface area contributed by atoms with Gasteiger partial charge < -0.3 is 10.5 Å². The molecule has 0 aromatic carbocycles. The Bertz CT molecular complexity index is 241. The standard InChI is InChI=1S/C12H18O.C2H6.CH5N/c1-4-5-6-7-12-8-11(3)13-9-10(12)2;2*1-2/h5-7,11H,2,4,8-9H2,1,3H3;1-2H3;2H2,1H3/b6-5-,12-7-;;/t11-;;/m0../s1. The van der Waals surface area contributed by atoms with E-state index in [0.717, 1.165) is 18.4 Å². The molecule has 1 heterocycles. The molecule has 2 N–H and O–H groups in total. The van der Waals surface area contributed by atoms with E-state index in [1.165, 1.54) is 12.6 Å². The van der Waals surface area contributed by atoms with E-state index in [2.05, 4.69) is 44.4 Å². The van der Waals surface area contributed by atoms with Crippen molar-refractivity contribution < 1.29 is 4.74 Å². The Labute approximate surface area is 107 Å². The third-order valence-corrected chi connectivity index (χ3v) is 2.17. The van der Waals surface area contributed by atoms with Crippen LogP contribution in [0.15, 0.2) is 36.0 Å². The van der Waals surface area contributed by atoms with E-state index in [-0.39, 0.29) is 0 Å². The minimum atomic E-state index is 0.340. The molecule has 1 aliphatic rings. The fourth-order valence-corrected chi connectivity index (χ4v) is 1.35. The van der Waals surface area contributed by atoms with Gasteiger partial charge in [-0.15, -0.1) is 0 Å². The number of nitrogens with two attached hydrogens (primary N) is 1. The minimum Gasteiger partial charge on any atom is -0.373 e. The summed E-state index contributed by atoms with van der Waals surface area (Å²) in [6.07, 6.45) is 8.84. The van der Waals surface area contributed by atoms with Gasteiger partial charge in [-0.1, -0.05) is 45.6 Å². The van der Waals surface area contributed by atoms with Crippen molar-refractivity contribution in [3.8, 4) is 0 Å². The smallest absolute Gasteiger partial charge is 0.0717 e. The highest BCUT2D eigenvalue weighted by Crippen LogP contribution is 2.22. The summed E-state index contributed by atoms with van der Waals surface area (Å²) in [6, 6.07) is 0. The summed E-state index contributed by atoms with van der Waals surface area (Å²) in [5.41, 5.74) is 6.96. The van der Waals surface area contributed by atoms with E-state index in [0.29, 0.717) is 12.7 Å². The van der Waals surface area contributed by atoms with Gasteiger partial charge >= 0.3 is 0 Å². The lowest BCUT2D eigenvalue weighted by Gasteiger charge is -2.23. The average molecular weight is 239 g/mol. The van der Waals surface area contributed by atoms with Gasteiger partial charge in [0.05, 0.1) is 12.7 Å². The summed E-state index contributed by atoms with van der Waals surface area (Å²) in [7, 11) is 1.50. The van der Waals surface area contributed by atoms with Gasteiger partial charge in [0, 0.05) is 0 Å². The highest BCUT2D eigenvalue weighted by atomic mass is 16.5. The Morgan fingerprint density at radius 3 is 2.53 bits per heavy atom. The van der Waals surface area contributed by atoms with Crippen molar-refractivity contribution in [2.45, 2.75) is 46.6 Å². The van der Waals surface area contributed by atoms with Crippen LogP contribution >= 0.6 is 0 Å². The quantitative estimate of drug-likeness (QED) is 0.794. The second-order valence-corrected chi connectivity index (χ2v) is 3.46. The molecule has 1 rings (SSSR count). The molecule has 100 valence electrons. The highest BCUT2D eigenvalue weighted by Gasteiger charge is 2.15. The van der Waals surface area contributed by atoms with Crippen LogP contribution in [0, 0.1) is 0 Å². The Morgan fingerprint density at radius 1 is 1.41 bits per heavy atom. The summed E-state index contributed by atoms with van der Waals surface area (Å²) in [5.74, 6) is 0. The second kappa shape index (κ2) is 13.2. The second-order valence-electron chi connectivity index (χ2n) is 3.46. The van der Waals surface area contributed by atoms with Gasteiger partial charge in [0.2, 0.25) is 0 Å². The Morgan fingerprint density at radius 2 is 2.00 bits per heavy atom. The normalized spacial score (nSPS) is 21.6. The van der Waals surface area contributed by atoms with Crippen molar-refractivity contribution in [2.75, 3.05) is 13.7 Å². The molecule has 2 nitrogen and oxygen atoms in total. The average Bonchev–Trinajstić information content (AvgIpc) is 2.39. The van der Waals surface area contributed by atoms with E-state index in [9.17, 15) is 0 Å². The van der Waals surface area contributed by atoms with Gasteiger partial charge in [-0.3, -0.25) is 0 Å². The molecular formula is C15H29NO. The van der Waals surface area contributed by atoms with Crippen molar-refractivity contribution in [1.29, 1.82) is 0 Å². The van der Waals surface area contributed by atoms with Crippen LogP contribution in [0.25, 0.3) is 0 Å². The molecule has 1 saturated heterocycles. The molecule has 2 heteroatoms. The predicted molar refractivity (Wildman–Crippen MR) is 78.1 cm³/mol. The largest absolute Gasteiger partial charge is 0.373 e. The molecule has 0 spiro atoms. The maximum absolute atomic E-state index is 5.46. The van der Waals surface area contributed by atoms with Crippen LogP contribution in [-0.2, 0) is 4.74 Å². The zero-order valence-electron chi connectivity index (χ0n) is 12.1. The zero-order chi connectivity index (χ0) is 13.7. The molecule has 0 aromatic rings. The molecule has 0 saturated carbocycles. The van der Waals surface area contributed by atoms with Crippen LogP contribution < -0.4 is 5.73 Å². The summed E-state index contributed by atoms with van der Waals surface area (Å²) in [6.45, 7) is 12.9. The zero-order valence-corrected chi connectivity index (χ0v) is 12.1. The molecule has 0 radical (unpaired) electrons. The van der Waals surface area contributed by atoms with Crippen LogP contribution in [0.5, 0.6) is 0 Å². The van der Waals surface area contributed by atoms with Crippen molar-refractivity contribution in [3.05, 3.63) is 36.0 Å². The van der Waals surface area contributed by atoms with Crippen LogP contribution in [0.1, 0.15) is 40.5 Å². The SMILES string of the molecule is C=C1CO[C@@H](C)C/C1=C/C=C\CC.CC.CN. The third kappa shape index (κ3) is 8.90. The third-order valence-electron chi connectivity index (χ3n) is 2.17. The molecular weight excluding hydrogens is 210 g/mol. The summed E-state index contributed by atoms with van der Waals surface area (Å²) in [5, 5.41) is 0. The van der Waals surface area contributed by atoms with Gasteiger partial charge in [-0.25, -0.2) is 0 Å². The molecule has 1 atom stereocenters. The van der Waals surface area contributed by atoms with E-state index < -0.39 is 0 Å². The molecule has 17 heavy (non-hydrogen) atoms. The number of allylic oxidation sites excluding steroid dienone is 3. The van der Waals surface area contributed by atoms with E-state index >= 15 is 0 Å². The molecule has 0 unspecified atom stereocenters. The fraction of sp³-hybridized carbons (Fsp3) is 0.600. The summed E-state index contributed by atoms with van der Waals surface area (Å²) >= 11 is 0. The van der Waals surface area contributed by atoms with Crippen LogP contribution in [0.3, 0.4) is 0 Å². The molecule has 0 aliphatic carbocycles. The van der Waals surface area contributed by atoms with Crippen molar-refractivity contribution in [1.82, 2.24) is 0 Å². The van der Waals surface area contributed by atoms with E-state index in [4.69, 9.17) is 4.74 Å². The fourth-order valence-electron chi connectivity index (χ4n) is 1.35. The van der Waals surface area contributed by atoms with Crippen LogP contribution in [0.2, 0.25) is 0 Å². The number of rotatable bonds is 2. The maximum atomic E-state index is 5.46. The first kappa shape index (κ1) is 18.5. The molecule has 0 amide bonds. The highest BCUT2D eigenvalue weighted by molar-refractivity contribution is 5.33. The molecule has 0 bridgehead atoms. The summed E-state index contributed by atoms with van der Waals surface area (Å²) in [4.78, 5) is 0. The lowest BCUT2D eigenvalue weighted by molar-refractivity contribution is 0.0712. The first-order valence-electron chi connectivity index (χ1n) is 6.47. The van der Waals surface area contributed by atoms with Gasteiger partial charge in [-0.2, -0.15) is 0 Å². The maximum Gasteiger partial charge on any atom is 0.0717 e. The minimum absolute atomic E-state index is 0.340. The topological polar surface area (TPSA) is 35.2 Å². The first-order valence-corrected chi connectivity index (χ1v) is 6.47. The van der Waals surface area contributed by atoms with Gasteiger partial charge in [0.1, 0.15) is 0 Å². The lowest BCUT2D eigenvalue weighted by atomic mass is 9.99. The summed E-state index contributed by atoms with van der Waals surface area (Å²) < 4.78 is 5.46. The van der Waals surface area contributed by atoms with E-state index in [1.807, 2.05) is 13.8 Å². The first-order chi connectivity index (χ1) is 8.24. The molecule has 0 aromatic heterocycles. The molecule has 1 fully saturated rings. The monoisotopic (exact) mass is 239 g/mol.